The van der Waals surface area contributed by atoms with Gasteiger partial charge >= 0.3 is 0 Å². The fourth-order valence-electron chi connectivity index (χ4n) is 3.15. The van der Waals surface area contributed by atoms with Crippen molar-refractivity contribution >= 4 is 5.91 Å². The van der Waals surface area contributed by atoms with Crippen LogP contribution >= 0.6 is 0 Å². The number of hydrogen-bond donors (Lipinski definition) is 1. The van der Waals surface area contributed by atoms with E-state index in [2.05, 4.69) is 17.4 Å². The monoisotopic (exact) mass is 317 g/mol. The fourth-order valence-corrected chi connectivity index (χ4v) is 3.15. The lowest BCUT2D eigenvalue weighted by atomic mass is 10.0. The maximum atomic E-state index is 12.9. The minimum absolute atomic E-state index is 0.119. The van der Waals surface area contributed by atoms with Crippen LogP contribution in [0.1, 0.15) is 27.0 Å². The van der Waals surface area contributed by atoms with Crippen molar-refractivity contribution in [3.8, 4) is 11.1 Å². The molecule has 0 spiro atoms. The van der Waals surface area contributed by atoms with Crippen molar-refractivity contribution in [3.63, 3.8) is 0 Å². The zero-order valence-corrected chi connectivity index (χ0v) is 13.1. The van der Waals surface area contributed by atoms with Crippen molar-refractivity contribution in [1.82, 2.24) is 5.32 Å². The number of amides is 1. The van der Waals surface area contributed by atoms with Gasteiger partial charge in [-0.3, -0.25) is 4.79 Å². The summed E-state index contributed by atoms with van der Waals surface area (Å²) in [6.07, 6.45) is 0.920. The molecule has 4 rings (SSSR count). The molecule has 2 nitrogen and oxygen atoms in total. The van der Waals surface area contributed by atoms with E-state index in [1.165, 1.54) is 28.8 Å². The highest BCUT2D eigenvalue weighted by Crippen LogP contribution is 2.36. The first-order valence-corrected chi connectivity index (χ1v) is 7.94. The van der Waals surface area contributed by atoms with Crippen LogP contribution < -0.4 is 5.32 Å². The Morgan fingerprint density at radius 1 is 0.917 bits per heavy atom. The fraction of sp³-hybridized carbons (Fsp3) is 0.0952. The summed E-state index contributed by atoms with van der Waals surface area (Å²) in [7, 11) is 0. The van der Waals surface area contributed by atoms with Crippen LogP contribution in [0.25, 0.3) is 11.1 Å². The predicted octanol–water partition coefficient (Wildman–Crippen LogP) is 4.33. The highest BCUT2D eigenvalue weighted by atomic mass is 19.1. The van der Waals surface area contributed by atoms with E-state index in [0.717, 1.165) is 17.5 Å². The van der Waals surface area contributed by atoms with Gasteiger partial charge in [0.1, 0.15) is 5.82 Å². The Bertz CT molecular complexity index is 915. The van der Waals surface area contributed by atoms with Crippen LogP contribution in [-0.4, -0.2) is 5.91 Å². The standard InChI is InChI=1S/C21H16FNO/c22-18-9-5-14(6-10-18)13-23-21(24)17-8-7-16-11-15-3-1-2-4-19(15)20(16)12-17/h1-10,12H,11,13H2,(H,23,24). The van der Waals surface area contributed by atoms with Crippen LogP contribution in [0.5, 0.6) is 0 Å². The van der Waals surface area contributed by atoms with Gasteiger partial charge in [0.05, 0.1) is 0 Å². The average Bonchev–Trinajstić information content (AvgIpc) is 2.99. The van der Waals surface area contributed by atoms with Gasteiger partial charge in [-0.25, -0.2) is 4.39 Å². The summed E-state index contributed by atoms with van der Waals surface area (Å²) < 4.78 is 12.9. The molecule has 0 aliphatic heterocycles. The smallest absolute Gasteiger partial charge is 0.251 e. The summed E-state index contributed by atoms with van der Waals surface area (Å²) >= 11 is 0. The third kappa shape index (κ3) is 2.69. The zero-order chi connectivity index (χ0) is 16.5. The van der Waals surface area contributed by atoms with E-state index in [-0.39, 0.29) is 11.7 Å². The normalized spacial score (nSPS) is 11.7. The molecule has 3 heteroatoms. The highest BCUT2D eigenvalue weighted by Gasteiger charge is 2.19. The van der Waals surface area contributed by atoms with Gasteiger partial charge in [-0.05, 0) is 58.5 Å². The third-order valence-electron chi connectivity index (χ3n) is 4.43. The topological polar surface area (TPSA) is 29.1 Å². The number of halogens is 1. The summed E-state index contributed by atoms with van der Waals surface area (Å²) in [4.78, 5) is 12.4. The van der Waals surface area contributed by atoms with Gasteiger partial charge in [-0.2, -0.15) is 0 Å². The van der Waals surface area contributed by atoms with E-state index in [4.69, 9.17) is 0 Å². The van der Waals surface area contributed by atoms with Crippen molar-refractivity contribution in [2.45, 2.75) is 13.0 Å². The molecule has 3 aromatic rings. The molecule has 118 valence electrons. The van der Waals surface area contributed by atoms with E-state index in [1.54, 1.807) is 12.1 Å². The molecule has 0 aromatic heterocycles. The number of rotatable bonds is 3. The summed E-state index contributed by atoms with van der Waals surface area (Å²) in [5.41, 5.74) is 6.42. The Hall–Kier alpha value is -2.94. The number of benzene rings is 3. The molecule has 1 aliphatic rings. The van der Waals surface area contributed by atoms with Crippen molar-refractivity contribution in [3.05, 3.63) is 94.8 Å². The van der Waals surface area contributed by atoms with Crippen molar-refractivity contribution in [2.24, 2.45) is 0 Å². The van der Waals surface area contributed by atoms with Gasteiger partial charge in [0, 0.05) is 12.1 Å². The first-order chi connectivity index (χ1) is 11.7. The lowest BCUT2D eigenvalue weighted by Crippen LogP contribution is -2.22. The molecule has 0 unspecified atom stereocenters. The largest absolute Gasteiger partial charge is 0.348 e. The molecule has 1 amide bonds. The lowest BCUT2D eigenvalue weighted by molar-refractivity contribution is 0.0951. The molecule has 1 N–H and O–H groups in total. The molecule has 0 fully saturated rings. The number of fused-ring (bicyclic) bond motifs is 3. The molecular formula is C21H16FNO. The lowest BCUT2D eigenvalue weighted by Gasteiger charge is -2.08. The minimum Gasteiger partial charge on any atom is -0.348 e. The van der Waals surface area contributed by atoms with Gasteiger partial charge in [0.15, 0.2) is 0 Å². The molecule has 0 saturated heterocycles. The highest BCUT2D eigenvalue weighted by molar-refractivity contribution is 5.96. The quantitative estimate of drug-likeness (QED) is 0.599. The Morgan fingerprint density at radius 3 is 2.50 bits per heavy atom. The Labute approximate surface area is 140 Å². The Kier molecular flexibility index (Phi) is 3.62. The molecule has 3 aromatic carbocycles. The molecule has 0 atom stereocenters. The van der Waals surface area contributed by atoms with E-state index in [1.807, 2.05) is 30.3 Å². The predicted molar refractivity (Wildman–Crippen MR) is 92.3 cm³/mol. The zero-order valence-electron chi connectivity index (χ0n) is 13.1. The second-order valence-electron chi connectivity index (χ2n) is 6.01. The number of nitrogens with one attached hydrogen (secondary N) is 1. The van der Waals surface area contributed by atoms with E-state index < -0.39 is 0 Å². The maximum absolute atomic E-state index is 12.9. The number of carbonyl (C=O) groups excluding carboxylic acids is 1. The second kappa shape index (κ2) is 5.93. The van der Waals surface area contributed by atoms with Gasteiger partial charge in [-0.15, -0.1) is 0 Å². The minimum atomic E-state index is -0.276. The number of carbonyl (C=O) groups is 1. The molecule has 0 heterocycles. The van der Waals surface area contributed by atoms with Crippen molar-refractivity contribution in [1.29, 1.82) is 0 Å². The van der Waals surface area contributed by atoms with Crippen LogP contribution in [0.15, 0.2) is 66.7 Å². The van der Waals surface area contributed by atoms with Gasteiger partial charge in [0.2, 0.25) is 0 Å². The van der Waals surface area contributed by atoms with Crippen LogP contribution in [0.3, 0.4) is 0 Å². The van der Waals surface area contributed by atoms with Crippen LogP contribution in [0.4, 0.5) is 4.39 Å². The summed E-state index contributed by atoms with van der Waals surface area (Å²) in [6.45, 7) is 0.382. The van der Waals surface area contributed by atoms with E-state index in [0.29, 0.717) is 12.1 Å². The SMILES string of the molecule is O=C(NCc1ccc(F)cc1)c1ccc2c(c1)-c1ccccc1C2. The third-order valence-corrected chi connectivity index (χ3v) is 4.43. The second-order valence-corrected chi connectivity index (χ2v) is 6.01. The molecule has 24 heavy (non-hydrogen) atoms. The first kappa shape index (κ1) is 14.6. The Balaban J connectivity index is 1.53. The van der Waals surface area contributed by atoms with Crippen molar-refractivity contribution in [2.75, 3.05) is 0 Å². The van der Waals surface area contributed by atoms with Crippen LogP contribution in [-0.2, 0) is 13.0 Å². The van der Waals surface area contributed by atoms with Gasteiger partial charge < -0.3 is 5.32 Å². The van der Waals surface area contributed by atoms with Crippen LogP contribution in [0.2, 0.25) is 0 Å². The number of hydrogen-bond acceptors (Lipinski definition) is 1. The molecular weight excluding hydrogens is 301 g/mol. The van der Waals surface area contributed by atoms with E-state index in [9.17, 15) is 9.18 Å². The van der Waals surface area contributed by atoms with E-state index >= 15 is 0 Å². The molecule has 0 radical (unpaired) electrons. The molecule has 0 saturated carbocycles. The average molecular weight is 317 g/mol. The van der Waals surface area contributed by atoms with Gasteiger partial charge in [-0.1, -0.05) is 42.5 Å². The first-order valence-electron chi connectivity index (χ1n) is 7.94. The van der Waals surface area contributed by atoms with Crippen molar-refractivity contribution < 1.29 is 9.18 Å². The Morgan fingerprint density at radius 2 is 1.67 bits per heavy atom. The van der Waals surface area contributed by atoms with Crippen LogP contribution in [0, 0.1) is 5.82 Å². The molecule has 1 aliphatic carbocycles. The summed E-state index contributed by atoms with van der Waals surface area (Å²) in [5, 5.41) is 2.89. The maximum Gasteiger partial charge on any atom is 0.251 e. The summed E-state index contributed by atoms with van der Waals surface area (Å²) in [5.74, 6) is -0.395. The summed E-state index contributed by atoms with van der Waals surface area (Å²) in [6, 6.07) is 20.3. The van der Waals surface area contributed by atoms with Gasteiger partial charge in [0.25, 0.3) is 5.91 Å². The molecule has 0 bridgehead atoms.